The molecule has 0 spiro atoms. The van der Waals surface area contributed by atoms with E-state index in [4.69, 9.17) is 4.74 Å². The predicted octanol–water partition coefficient (Wildman–Crippen LogP) is 2.18. The molecule has 0 N–H and O–H groups in total. The number of unbranched alkanes of at least 4 members (excludes halogenated alkanes) is 1. The topological polar surface area (TPSA) is 26.3 Å². The van der Waals surface area contributed by atoms with E-state index in [0.29, 0.717) is 12.6 Å². The summed E-state index contributed by atoms with van der Waals surface area (Å²) in [6.45, 7) is 6.43. The molecule has 0 bridgehead atoms. The van der Waals surface area contributed by atoms with Gasteiger partial charge in [0, 0.05) is 13.0 Å². The normalized spacial score (nSPS) is 14.1. The van der Waals surface area contributed by atoms with E-state index in [1.807, 2.05) is 0 Å². The number of carbonyl (C=O) groups excluding carboxylic acids is 1. The molecule has 0 aromatic heterocycles. The number of allylic oxidation sites excluding steroid dienone is 1. The molecule has 0 aliphatic heterocycles. The van der Waals surface area contributed by atoms with Crippen molar-refractivity contribution < 1.29 is 14.0 Å². The van der Waals surface area contributed by atoms with Crippen molar-refractivity contribution in [3.8, 4) is 0 Å². The summed E-state index contributed by atoms with van der Waals surface area (Å²) in [6.07, 6.45) is 6.15. The van der Waals surface area contributed by atoms with Gasteiger partial charge in [0.05, 0.1) is 33.8 Å². The molecule has 0 amide bonds. The Balaban J connectivity index is 3.51. The first-order chi connectivity index (χ1) is 7.38. The first-order valence-electron chi connectivity index (χ1n) is 5.81. The number of rotatable bonds is 7. The van der Waals surface area contributed by atoms with Crippen LogP contribution in [0.15, 0.2) is 12.2 Å². The molecule has 1 atom stereocenters. The van der Waals surface area contributed by atoms with Gasteiger partial charge in [0.1, 0.15) is 0 Å². The summed E-state index contributed by atoms with van der Waals surface area (Å²) >= 11 is 0. The maximum absolute atomic E-state index is 11.0. The Hall–Kier alpha value is -0.830. The molecule has 3 nitrogen and oxygen atoms in total. The average Bonchev–Trinajstić information content (AvgIpc) is 2.16. The molecular formula is C13H25NO2+. The van der Waals surface area contributed by atoms with Gasteiger partial charge in [-0.25, -0.2) is 4.79 Å². The lowest BCUT2D eigenvalue weighted by Gasteiger charge is -2.31. The van der Waals surface area contributed by atoms with Crippen molar-refractivity contribution in [3.05, 3.63) is 19.1 Å². The Labute approximate surface area is 99.7 Å². The minimum absolute atomic E-state index is 0.250. The van der Waals surface area contributed by atoms with Crippen molar-refractivity contribution in [2.24, 2.45) is 0 Å². The highest BCUT2D eigenvalue weighted by molar-refractivity contribution is 5.81. The van der Waals surface area contributed by atoms with E-state index < -0.39 is 0 Å². The van der Waals surface area contributed by atoms with Gasteiger partial charge >= 0.3 is 5.97 Å². The molecule has 0 aromatic carbocycles. The first-order valence-corrected chi connectivity index (χ1v) is 5.81. The van der Waals surface area contributed by atoms with Crippen LogP contribution < -0.4 is 0 Å². The SMILES string of the molecule is [CH2]C(CCCCOC(=O)C=CC)[N+](C)(C)C. The van der Waals surface area contributed by atoms with E-state index in [1.165, 1.54) is 6.08 Å². The zero-order valence-corrected chi connectivity index (χ0v) is 11.0. The molecule has 3 heteroatoms. The highest BCUT2D eigenvalue weighted by atomic mass is 16.5. The maximum Gasteiger partial charge on any atom is 0.330 e. The molecule has 16 heavy (non-hydrogen) atoms. The van der Waals surface area contributed by atoms with Crippen LogP contribution in [0, 0.1) is 6.92 Å². The van der Waals surface area contributed by atoms with Gasteiger partial charge in [-0.05, 0) is 26.2 Å². The lowest BCUT2D eigenvalue weighted by atomic mass is 10.1. The summed E-state index contributed by atoms with van der Waals surface area (Å²) in [5.41, 5.74) is 0. The van der Waals surface area contributed by atoms with Crippen LogP contribution in [0.5, 0.6) is 0 Å². The number of hydrogen-bond acceptors (Lipinski definition) is 2. The molecule has 0 fully saturated rings. The Bertz CT molecular complexity index is 229. The van der Waals surface area contributed by atoms with E-state index >= 15 is 0 Å². The predicted molar refractivity (Wildman–Crippen MR) is 66.8 cm³/mol. The Kier molecular flexibility index (Phi) is 7.06. The van der Waals surface area contributed by atoms with E-state index in [0.717, 1.165) is 23.7 Å². The minimum Gasteiger partial charge on any atom is -0.463 e. The standard InChI is InChI=1S/C13H25NO2/c1-6-9-13(15)16-11-8-7-10-12(2)14(3,4)5/h6,9,12H,2,7-8,10-11H2,1,3-5H3/q+1. The van der Waals surface area contributed by atoms with E-state index in [1.54, 1.807) is 13.0 Å². The quantitative estimate of drug-likeness (QED) is 0.288. The molecule has 0 aromatic rings. The minimum atomic E-state index is -0.250. The largest absolute Gasteiger partial charge is 0.463 e. The lowest BCUT2D eigenvalue weighted by Crippen LogP contribution is -2.43. The van der Waals surface area contributed by atoms with Gasteiger partial charge in [-0.3, -0.25) is 0 Å². The van der Waals surface area contributed by atoms with Crippen molar-refractivity contribution in [1.82, 2.24) is 0 Å². The van der Waals surface area contributed by atoms with Crippen LogP contribution in [0.1, 0.15) is 26.2 Å². The fraction of sp³-hybridized carbons (Fsp3) is 0.692. The van der Waals surface area contributed by atoms with Crippen molar-refractivity contribution >= 4 is 5.97 Å². The number of nitrogens with zero attached hydrogens (tertiary/aromatic N) is 1. The van der Waals surface area contributed by atoms with Gasteiger partial charge in [0.15, 0.2) is 0 Å². The van der Waals surface area contributed by atoms with Crippen LogP contribution in [-0.2, 0) is 9.53 Å². The third-order valence-electron chi connectivity index (χ3n) is 2.57. The molecule has 0 heterocycles. The van der Waals surface area contributed by atoms with Crippen LogP contribution >= 0.6 is 0 Å². The van der Waals surface area contributed by atoms with Gasteiger partial charge in [0.25, 0.3) is 0 Å². The van der Waals surface area contributed by atoms with Gasteiger partial charge in [-0.2, -0.15) is 0 Å². The first kappa shape index (κ1) is 15.2. The van der Waals surface area contributed by atoms with E-state index in [2.05, 4.69) is 28.1 Å². The van der Waals surface area contributed by atoms with Crippen LogP contribution in [0.2, 0.25) is 0 Å². The molecule has 0 saturated heterocycles. The summed E-state index contributed by atoms with van der Waals surface area (Å²) in [6, 6.07) is 0.395. The van der Waals surface area contributed by atoms with Gasteiger partial charge in [-0.15, -0.1) is 0 Å². The summed E-state index contributed by atoms with van der Waals surface area (Å²) in [7, 11) is 6.43. The number of carbonyl (C=O) groups is 1. The third-order valence-corrected chi connectivity index (χ3v) is 2.57. The lowest BCUT2D eigenvalue weighted by molar-refractivity contribution is -0.890. The highest BCUT2D eigenvalue weighted by Crippen LogP contribution is 2.10. The molecule has 0 aliphatic carbocycles. The molecule has 0 saturated carbocycles. The Morgan fingerprint density at radius 3 is 2.50 bits per heavy atom. The van der Waals surface area contributed by atoms with Crippen LogP contribution in [-0.4, -0.2) is 44.2 Å². The average molecular weight is 227 g/mol. The van der Waals surface area contributed by atoms with Crippen molar-refractivity contribution in [3.63, 3.8) is 0 Å². The third kappa shape index (κ3) is 7.46. The Morgan fingerprint density at radius 1 is 1.38 bits per heavy atom. The van der Waals surface area contributed by atoms with Crippen molar-refractivity contribution in [2.75, 3.05) is 27.7 Å². The Morgan fingerprint density at radius 2 is 2.00 bits per heavy atom. The molecule has 1 unspecified atom stereocenters. The van der Waals surface area contributed by atoms with Crippen molar-refractivity contribution in [2.45, 2.75) is 32.2 Å². The summed E-state index contributed by atoms with van der Waals surface area (Å²) in [5.74, 6) is -0.250. The van der Waals surface area contributed by atoms with Gasteiger partial charge in [-0.1, -0.05) is 6.08 Å². The highest BCUT2D eigenvalue weighted by Gasteiger charge is 2.17. The molecule has 1 radical (unpaired) electrons. The number of ether oxygens (including phenoxy) is 1. The summed E-state index contributed by atoms with van der Waals surface area (Å²) in [4.78, 5) is 11.0. The van der Waals surface area contributed by atoms with Crippen LogP contribution in [0.3, 0.4) is 0 Å². The van der Waals surface area contributed by atoms with E-state index in [-0.39, 0.29) is 5.97 Å². The maximum atomic E-state index is 11.0. The van der Waals surface area contributed by atoms with Gasteiger partial charge in [0.2, 0.25) is 0 Å². The second-order valence-electron chi connectivity index (χ2n) is 4.93. The molecule has 93 valence electrons. The molecule has 0 rings (SSSR count). The second kappa shape index (κ2) is 7.44. The fourth-order valence-corrected chi connectivity index (χ4v) is 1.23. The van der Waals surface area contributed by atoms with Crippen LogP contribution in [0.4, 0.5) is 0 Å². The second-order valence-corrected chi connectivity index (χ2v) is 4.93. The summed E-state index contributed by atoms with van der Waals surface area (Å²) in [5, 5.41) is 0. The number of hydrogen-bond donors (Lipinski definition) is 0. The molecule has 0 aliphatic rings. The smallest absolute Gasteiger partial charge is 0.330 e. The zero-order chi connectivity index (χ0) is 12.6. The van der Waals surface area contributed by atoms with Crippen LogP contribution in [0.25, 0.3) is 0 Å². The van der Waals surface area contributed by atoms with Gasteiger partial charge < -0.3 is 9.22 Å². The molecular weight excluding hydrogens is 202 g/mol. The number of esters is 1. The fourth-order valence-electron chi connectivity index (χ4n) is 1.23. The summed E-state index contributed by atoms with van der Waals surface area (Å²) < 4.78 is 5.87. The number of quaternary nitrogens is 1. The monoisotopic (exact) mass is 227 g/mol. The van der Waals surface area contributed by atoms with E-state index in [9.17, 15) is 4.79 Å². The van der Waals surface area contributed by atoms with Crippen molar-refractivity contribution in [1.29, 1.82) is 0 Å². The zero-order valence-electron chi connectivity index (χ0n) is 11.0.